The first-order valence-electron chi connectivity index (χ1n) is 10.8. The summed E-state index contributed by atoms with van der Waals surface area (Å²) in [5.41, 5.74) is 11.5. The van der Waals surface area contributed by atoms with Crippen LogP contribution >= 0.6 is 12.6 Å². The summed E-state index contributed by atoms with van der Waals surface area (Å²) >= 11 is 3.93. The van der Waals surface area contributed by atoms with Gasteiger partial charge in [0.25, 0.3) is 0 Å². The van der Waals surface area contributed by atoms with Crippen LogP contribution in [-0.2, 0) is 30.4 Å². The Hall–Kier alpha value is -3.12. The van der Waals surface area contributed by atoms with Gasteiger partial charge >= 0.3 is 5.97 Å². The van der Waals surface area contributed by atoms with Gasteiger partial charge in [0.05, 0.1) is 12.5 Å². The number of carboxylic acid groups (broad SMARTS) is 1. The number of thiol groups is 1. The molecule has 8 N–H and O–H groups in total. The molecule has 188 valence electrons. The van der Waals surface area contributed by atoms with Gasteiger partial charge in [-0.25, -0.2) is 4.79 Å². The maximum atomic E-state index is 13.1. The van der Waals surface area contributed by atoms with Crippen LogP contribution in [0.4, 0.5) is 0 Å². The number of nitrogens with two attached hydrogens (primary N) is 2. The van der Waals surface area contributed by atoms with Crippen LogP contribution in [0, 0.1) is 5.92 Å². The molecule has 0 spiro atoms. The molecule has 0 radical (unpaired) electrons. The normalized spacial score (nSPS) is 14.4. The third-order valence-electron chi connectivity index (χ3n) is 4.81. The summed E-state index contributed by atoms with van der Waals surface area (Å²) in [7, 11) is 0. The molecule has 0 bridgehead atoms. The highest BCUT2D eigenvalue weighted by Gasteiger charge is 2.30. The van der Waals surface area contributed by atoms with Crippen LogP contribution in [0.2, 0.25) is 0 Å². The summed E-state index contributed by atoms with van der Waals surface area (Å²) in [6, 6.07) is 4.21. The zero-order valence-corrected chi connectivity index (χ0v) is 20.1. The number of hydrogen-bond donors (Lipinski definition) is 7. The molecule has 1 aromatic carbocycles. The second-order valence-electron chi connectivity index (χ2n) is 8.30. The van der Waals surface area contributed by atoms with Gasteiger partial charge in [0, 0.05) is 12.2 Å². The molecule has 34 heavy (non-hydrogen) atoms. The van der Waals surface area contributed by atoms with Gasteiger partial charge in [0.15, 0.2) is 0 Å². The highest BCUT2D eigenvalue weighted by atomic mass is 32.1. The molecule has 0 aliphatic heterocycles. The third kappa shape index (κ3) is 10.2. The van der Waals surface area contributed by atoms with Crippen molar-refractivity contribution < 1.29 is 29.1 Å². The largest absolute Gasteiger partial charge is 0.480 e. The third-order valence-corrected chi connectivity index (χ3v) is 5.18. The van der Waals surface area contributed by atoms with Crippen molar-refractivity contribution in [1.82, 2.24) is 16.0 Å². The molecule has 0 aromatic heterocycles. The summed E-state index contributed by atoms with van der Waals surface area (Å²) in [6.07, 6.45) is -0.0833. The Morgan fingerprint density at radius 1 is 0.912 bits per heavy atom. The van der Waals surface area contributed by atoms with E-state index in [1.54, 1.807) is 30.3 Å². The van der Waals surface area contributed by atoms with Gasteiger partial charge in [-0.15, -0.1) is 0 Å². The number of amides is 4. The van der Waals surface area contributed by atoms with Crippen LogP contribution in [-0.4, -0.2) is 64.6 Å². The Labute approximate surface area is 203 Å². The van der Waals surface area contributed by atoms with Crippen LogP contribution in [0.1, 0.15) is 32.3 Å². The summed E-state index contributed by atoms with van der Waals surface area (Å²) in [5, 5.41) is 16.7. The minimum atomic E-state index is -1.25. The minimum Gasteiger partial charge on any atom is -0.480 e. The zero-order chi connectivity index (χ0) is 25.8. The maximum absolute atomic E-state index is 13.1. The number of nitrogens with one attached hydrogen (secondary N) is 3. The van der Waals surface area contributed by atoms with E-state index in [9.17, 15) is 29.1 Å². The molecule has 1 rings (SSSR count). The van der Waals surface area contributed by atoms with Crippen LogP contribution in [0.5, 0.6) is 0 Å². The number of carbonyl (C=O) groups excluding carboxylic acids is 4. The SMILES string of the molecule is CC(C)CC(NC(=O)C(Cc1ccccc1)NC(=O)C(N)CC(N)=O)C(=O)NC(CS)C(=O)O. The molecule has 1 aromatic rings. The Bertz CT molecular complexity index is 867. The van der Waals surface area contributed by atoms with Gasteiger partial charge < -0.3 is 32.5 Å². The molecule has 4 amide bonds. The van der Waals surface area contributed by atoms with Crippen LogP contribution in [0.3, 0.4) is 0 Å². The van der Waals surface area contributed by atoms with Crippen molar-refractivity contribution >= 4 is 42.2 Å². The molecule has 12 heteroatoms. The van der Waals surface area contributed by atoms with E-state index in [0.29, 0.717) is 0 Å². The molecular formula is C22H33N5O6S. The first-order chi connectivity index (χ1) is 15.9. The second kappa shape index (κ2) is 14.2. The van der Waals surface area contributed by atoms with Crippen molar-refractivity contribution in [3.63, 3.8) is 0 Å². The lowest BCUT2D eigenvalue weighted by molar-refractivity contribution is -0.141. The van der Waals surface area contributed by atoms with Crippen LogP contribution in [0.15, 0.2) is 30.3 Å². The number of primary amides is 1. The van der Waals surface area contributed by atoms with E-state index in [2.05, 4.69) is 28.6 Å². The van der Waals surface area contributed by atoms with Gasteiger partial charge in [-0.05, 0) is 17.9 Å². The van der Waals surface area contributed by atoms with Crippen LogP contribution < -0.4 is 27.4 Å². The Kier molecular flexibility index (Phi) is 12.1. The van der Waals surface area contributed by atoms with Crippen LogP contribution in [0.25, 0.3) is 0 Å². The van der Waals surface area contributed by atoms with Crippen molar-refractivity contribution in [2.75, 3.05) is 5.75 Å². The quantitative estimate of drug-likeness (QED) is 0.160. The summed E-state index contributed by atoms with van der Waals surface area (Å²) in [4.78, 5) is 60.7. The second-order valence-corrected chi connectivity index (χ2v) is 8.67. The predicted molar refractivity (Wildman–Crippen MR) is 129 cm³/mol. The molecule has 0 heterocycles. The van der Waals surface area contributed by atoms with Crippen molar-refractivity contribution in [2.45, 2.75) is 57.3 Å². The number of benzene rings is 1. The van der Waals surface area contributed by atoms with E-state index in [-0.39, 0.29) is 24.5 Å². The zero-order valence-electron chi connectivity index (χ0n) is 19.2. The molecule has 0 saturated heterocycles. The van der Waals surface area contributed by atoms with Gasteiger partial charge in [0.2, 0.25) is 23.6 Å². The standard InChI is InChI=1S/C22H33N5O6S/c1-12(2)8-15(20(30)27-17(11-34)22(32)33)26-21(31)16(9-13-6-4-3-5-7-13)25-19(29)14(23)10-18(24)28/h3-7,12,14-17,34H,8-11,23H2,1-2H3,(H2,24,28)(H,25,29)(H,26,31)(H,27,30)(H,32,33). The maximum Gasteiger partial charge on any atom is 0.327 e. The first kappa shape index (κ1) is 28.9. The molecule has 4 atom stereocenters. The van der Waals surface area contributed by atoms with E-state index < -0.39 is 60.2 Å². The van der Waals surface area contributed by atoms with E-state index in [0.717, 1.165) is 5.56 Å². The molecular weight excluding hydrogens is 462 g/mol. The van der Waals surface area contributed by atoms with E-state index in [1.165, 1.54) is 0 Å². The Balaban J connectivity index is 3.08. The van der Waals surface area contributed by atoms with E-state index >= 15 is 0 Å². The highest BCUT2D eigenvalue weighted by molar-refractivity contribution is 7.80. The van der Waals surface area contributed by atoms with Gasteiger partial charge in [-0.3, -0.25) is 19.2 Å². The number of aliphatic carboxylic acids is 1. The fourth-order valence-corrected chi connectivity index (χ4v) is 3.33. The lowest BCUT2D eigenvalue weighted by Gasteiger charge is -2.26. The highest BCUT2D eigenvalue weighted by Crippen LogP contribution is 2.09. The smallest absolute Gasteiger partial charge is 0.327 e. The molecule has 11 nitrogen and oxygen atoms in total. The summed E-state index contributed by atoms with van der Waals surface area (Å²) in [6.45, 7) is 3.68. The number of carboxylic acids is 1. The lowest BCUT2D eigenvalue weighted by Crippen LogP contribution is -2.58. The number of rotatable bonds is 14. The molecule has 0 aliphatic carbocycles. The van der Waals surface area contributed by atoms with Gasteiger partial charge in [0.1, 0.15) is 18.1 Å². The van der Waals surface area contributed by atoms with Crippen molar-refractivity contribution in [3.05, 3.63) is 35.9 Å². The summed E-state index contributed by atoms with van der Waals surface area (Å²) < 4.78 is 0. The first-order valence-corrected chi connectivity index (χ1v) is 11.4. The fraction of sp³-hybridized carbons (Fsp3) is 0.500. The predicted octanol–water partition coefficient (Wildman–Crippen LogP) is -1.05. The molecule has 4 unspecified atom stereocenters. The van der Waals surface area contributed by atoms with Gasteiger partial charge in [-0.2, -0.15) is 12.6 Å². The van der Waals surface area contributed by atoms with Crippen molar-refractivity contribution in [3.8, 4) is 0 Å². The van der Waals surface area contributed by atoms with E-state index in [1.807, 2.05) is 13.8 Å². The van der Waals surface area contributed by atoms with Gasteiger partial charge in [-0.1, -0.05) is 44.2 Å². The number of carbonyl (C=O) groups is 5. The monoisotopic (exact) mass is 495 g/mol. The average Bonchev–Trinajstić information content (AvgIpc) is 2.75. The van der Waals surface area contributed by atoms with E-state index in [4.69, 9.17) is 11.5 Å². The minimum absolute atomic E-state index is 0.0125. The Morgan fingerprint density at radius 2 is 1.44 bits per heavy atom. The number of hydrogen-bond acceptors (Lipinski definition) is 7. The molecule has 0 saturated carbocycles. The lowest BCUT2D eigenvalue weighted by atomic mass is 10.0. The fourth-order valence-electron chi connectivity index (χ4n) is 3.08. The molecule has 0 fully saturated rings. The van der Waals surface area contributed by atoms with Crippen molar-refractivity contribution in [2.24, 2.45) is 17.4 Å². The molecule has 0 aliphatic rings. The average molecular weight is 496 g/mol. The Morgan fingerprint density at radius 3 is 1.94 bits per heavy atom. The summed E-state index contributed by atoms with van der Waals surface area (Å²) in [5.74, 6) is -4.26. The topological polar surface area (TPSA) is 194 Å². The van der Waals surface area contributed by atoms with Crippen molar-refractivity contribution in [1.29, 1.82) is 0 Å².